The van der Waals surface area contributed by atoms with E-state index in [2.05, 4.69) is 21.7 Å². The molecular weight excluding hydrogens is 154 g/mol. The van der Waals surface area contributed by atoms with Crippen LogP contribution in [-0.4, -0.2) is 18.6 Å². The minimum absolute atomic E-state index is 0. The minimum Gasteiger partial charge on any atom is -0.349 e. The summed E-state index contributed by atoms with van der Waals surface area (Å²) >= 11 is 0. The van der Waals surface area contributed by atoms with E-state index in [1.165, 1.54) is 0 Å². The summed E-state index contributed by atoms with van der Waals surface area (Å²) in [7, 11) is 0. The monoisotopic (exact) mass is 163 g/mol. The highest BCUT2D eigenvalue weighted by Crippen LogP contribution is 1.73. The SMILES string of the molecule is CCCN=C=NC(N)=O.Cl. The summed E-state index contributed by atoms with van der Waals surface area (Å²) < 4.78 is 0. The number of urea groups is 1. The van der Waals surface area contributed by atoms with Gasteiger partial charge in [0.15, 0.2) is 0 Å². The normalized spacial score (nSPS) is 6.90. The molecule has 0 heterocycles. The maximum Gasteiger partial charge on any atom is 0.347 e. The molecule has 0 aliphatic rings. The lowest BCUT2D eigenvalue weighted by Crippen LogP contribution is -2.02. The zero-order chi connectivity index (χ0) is 7.11. The second-order valence-electron chi connectivity index (χ2n) is 1.43. The molecule has 0 aliphatic heterocycles. The molecule has 2 N–H and O–H groups in total. The zero-order valence-electron chi connectivity index (χ0n) is 5.70. The fraction of sp³-hybridized carbons (Fsp3) is 0.600. The molecule has 0 saturated carbocycles. The van der Waals surface area contributed by atoms with Crippen LogP contribution in [0.3, 0.4) is 0 Å². The molecule has 2 amide bonds. The highest BCUT2D eigenvalue weighted by molar-refractivity contribution is 5.85. The van der Waals surface area contributed by atoms with E-state index >= 15 is 0 Å². The Morgan fingerprint density at radius 2 is 2.30 bits per heavy atom. The van der Waals surface area contributed by atoms with Gasteiger partial charge in [-0.05, 0) is 6.42 Å². The Hall–Kier alpha value is -0.860. The number of rotatable bonds is 2. The first-order valence-electron chi connectivity index (χ1n) is 2.69. The molecule has 0 aromatic rings. The number of nitrogens with zero attached hydrogens (tertiary/aromatic N) is 2. The molecule has 10 heavy (non-hydrogen) atoms. The molecule has 0 aromatic carbocycles. The lowest BCUT2D eigenvalue weighted by atomic mass is 10.5. The van der Waals surface area contributed by atoms with Crippen LogP contribution in [0.5, 0.6) is 0 Å². The highest BCUT2D eigenvalue weighted by Gasteiger charge is 1.77. The molecule has 0 aromatic heterocycles. The summed E-state index contributed by atoms with van der Waals surface area (Å²) in [5.41, 5.74) is 4.65. The third-order valence-corrected chi connectivity index (χ3v) is 0.566. The first kappa shape index (κ1) is 11.9. The van der Waals surface area contributed by atoms with Crippen LogP contribution >= 0.6 is 12.4 Å². The van der Waals surface area contributed by atoms with E-state index in [0.717, 1.165) is 6.42 Å². The van der Waals surface area contributed by atoms with Gasteiger partial charge >= 0.3 is 6.03 Å². The summed E-state index contributed by atoms with van der Waals surface area (Å²) in [6, 6.07) is 1.41. The van der Waals surface area contributed by atoms with Gasteiger partial charge in [-0.3, -0.25) is 0 Å². The van der Waals surface area contributed by atoms with E-state index < -0.39 is 6.03 Å². The average Bonchev–Trinajstić information content (AvgIpc) is 1.80. The number of carbonyl (C=O) groups is 1. The second kappa shape index (κ2) is 8.14. The van der Waals surface area contributed by atoms with Gasteiger partial charge in [0.1, 0.15) is 0 Å². The van der Waals surface area contributed by atoms with Gasteiger partial charge in [-0.15, -0.1) is 17.4 Å². The number of carbonyl (C=O) groups excluding carboxylic acids is 1. The van der Waals surface area contributed by atoms with Crippen LogP contribution in [0.2, 0.25) is 0 Å². The van der Waals surface area contributed by atoms with E-state index in [1.54, 1.807) is 0 Å². The summed E-state index contributed by atoms with van der Waals surface area (Å²) in [6.07, 6.45) is 0.918. The largest absolute Gasteiger partial charge is 0.349 e. The summed E-state index contributed by atoms with van der Waals surface area (Å²) in [6.45, 7) is 2.60. The van der Waals surface area contributed by atoms with Crippen molar-refractivity contribution in [3.63, 3.8) is 0 Å². The van der Waals surface area contributed by atoms with Gasteiger partial charge in [0, 0.05) is 6.54 Å². The Kier molecular flexibility index (Phi) is 9.67. The first-order chi connectivity index (χ1) is 4.27. The van der Waals surface area contributed by atoms with Crippen LogP contribution in [0.25, 0.3) is 0 Å². The fourth-order valence-electron chi connectivity index (χ4n) is 0.246. The highest BCUT2D eigenvalue weighted by atomic mass is 35.5. The lowest BCUT2D eigenvalue weighted by Gasteiger charge is -1.76. The van der Waals surface area contributed by atoms with Crippen LogP contribution in [0, 0.1) is 0 Å². The molecule has 0 spiro atoms. The van der Waals surface area contributed by atoms with Gasteiger partial charge in [0.05, 0.1) is 6.01 Å². The van der Waals surface area contributed by atoms with Crippen molar-refractivity contribution in [3.05, 3.63) is 0 Å². The predicted molar refractivity (Wildman–Crippen MR) is 41.9 cm³/mol. The van der Waals surface area contributed by atoms with E-state index in [-0.39, 0.29) is 12.4 Å². The Labute approximate surface area is 65.6 Å². The van der Waals surface area contributed by atoms with Crippen molar-refractivity contribution in [3.8, 4) is 0 Å². The Morgan fingerprint density at radius 3 is 2.70 bits per heavy atom. The van der Waals surface area contributed by atoms with Crippen molar-refractivity contribution in [1.82, 2.24) is 0 Å². The Bertz CT molecular complexity index is 151. The molecule has 0 atom stereocenters. The molecule has 0 rings (SSSR count). The summed E-state index contributed by atoms with van der Waals surface area (Å²) in [5, 5.41) is 0. The third kappa shape index (κ3) is 10.2. The van der Waals surface area contributed by atoms with Crippen molar-refractivity contribution in [2.24, 2.45) is 15.7 Å². The summed E-state index contributed by atoms with van der Waals surface area (Å²) in [5.74, 6) is 0. The van der Waals surface area contributed by atoms with Crippen molar-refractivity contribution < 1.29 is 4.79 Å². The number of halogens is 1. The molecule has 5 heteroatoms. The van der Waals surface area contributed by atoms with Crippen molar-refractivity contribution in [2.45, 2.75) is 13.3 Å². The van der Waals surface area contributed by atoms with Gasteiger partial charge in [0.25, 0.3) is 0 Å². The average molecular weight is 164 g/mol. The quantitative estimate of drug-likeness (QED) is 0.608. The van der Waals surface area contributed by atoms with Crippen molar-refractivity contribution >= 4 is 24.4 Å². The lowest BCUT2D eigenvalue weighted by molar-refractivity contribution is 0.257. The molecule has 0 unspecified atom stereocenters. The second-order valence-corrected chi connectivity index (χ2v) is 1.43. The molecule has 0 radical (unpaired) electrons. The molecule has 0 fully saturated rings. The number of hydrogen-bond acceptors (Lipinski definition) is 2. The number of amides is 2. The van der Waals surface area contributed by atoms with E-state index in [4.69, 9.17) is 0 Å². The van der Waals surface area contributed by atoms with Crippen LogP contribution in [0.1, 0.15) is 13.3 Å². The van der Waals surface area contributed by atoms with Gasteiger partial charge in [-0.25, -0.2) is 9.79 Å². The minimum atomic E-state index is -0.755. The van der Waals surface area contributed by atoms with Gasteiger partial charge < -0.3 is 5.73 Å². The van der Waals surface area contributed by atoms with Crippen LogP contribution in [0.4, 0.5) is 4.79 Å². The molecule has 4 nitrogen and oxygen atoms in total. The standard InChI is InChI=1S/C5H9N3O.ClH/c1-2-3-7-4-8-5(6)9;/h2-3H2,1H3,(H2,6,9);1H. The number of aliphatic imine (C=N–C) groups is 2. The van der Waals surface area contributed by atoms with Crippen LogP contribution in [0.15, 0.2) is 9.98 Å². The Balaban J connectivity index is 0. The molecular formula is C5H10ClN3O. The van der Waals surface area contributed by atoms with Crippen molar-refractivity contribution in [1.29, 1.82) is 0 Å². The molecule has 0 aliphatic carbocycles. The molecule has 0 bridgehead atoms. The van der Waals surface area contributed by atoms with Crippen LogP contribution < -0.4 is 5.73 Å². The van der Waals surface area contributed by atoms with Crippen molar-refractivity contribution in [2.75, 3.05) is 6.54 Å². The fourth-order valence-corrected chi connectivity index (χ4v) is 0.246. The van der Waals surface area contributed by atoms with Crippen LogP contribution in [-0.2, 0) is 0 Å². The molecule has 0 saturated heterocycles. The maximum absolute atomic E-state index is 9.90. The summed E-state index contributed by atoms with van der Waals surface area (Å²) in [4.78, 5) is 16.6. The maximum atomic E-state index is 9.90. The zero-order valence-corrected chi connectivity index (χ0v) is 6.52. The first-order valence-corrected chi connectivity index (χ1v) is 2.69. The van der Waals surface area contributed by atoms with E-state index in [0.29, 0.717) is 6.54 Å². The van der Waals surface area contributed by atoms with E-state index in [1.807, 2.05) is 6.92 Å². The van der Waals surface area contributed by atoms with Gasteiger partial charge in [-0.2, -0.15) is 0 Å². The third-order valence-electron chi connectivity index (χ3n) is 0.566. The predicted octanol–water partition coefficient (Wildman–Crippen LogP) is 1.07. The Morgan fingerprint density at radius 1 is 1.70 bits per heavy atom. The number of nitrogens with two attached hydrogens (primary N) is 1. The van der Waals surface area contributed by atoms with E-state index in [9.17, 15) is 4.79 Å². The number of primary amides is 1. The van der Waals surface area contributed by atoms with Gasteiger partial charge in [0.2, 0.25) is 0 Å². The van der Waals surface area contributed by atoms with Gasteiger partial charge in [-0.1, -0.05) is 6.92 Å². The number of hydrogen-bond donors (Lipinski definition) is 1. The smallest absolute Gasteiger partial charge is 0.347 e. The topological polar surface area (TPSA) is 67.8 Å². The molecule has 58 valence electrons.